The standard InChI is InChI=1S/C14H25F3N2O2/c1-4-21-12(20)13(18-2)7-5-6-11(10-13)19(3)9-8-14(15,16)17/h11,18H,4-10H2,1-3H3. The highest BCUT2D eigenvalue weighted by Crippen LogP contribution is 2.32. The molecule has 0 radical (unpaired) electrons. The van der Waals surface area contributed by atoms with E-state index in [-0.39, 0.29) is 18.6 Å². The van der Waals surface area contributed by atoms with Crippen molar-refractivity contribution in [3.63, 3.8) is 0 Å². The van der Waals surface area contributed by atoms with E-state index >= 15 is 0 Å². The quantitative estimate of drug-likeness (QED) is 0.765. The fourth-order valence-electron chi connectivity index (χ4n) is 2.89. The van der Waals surface area contributed by atoms with Crippen LogP contribution in [0.5, 0.6) is 0 Å². The highest BCUT2D eigenvalue weighted by molar-refractivity contribution is 5.81. The maximum atomic E-state index is 12.3. The molecule has 1 N–H and O–H groups in total. The van der Waals surface area contributed by atoms with Crippen LogP contribution in [-0.4, -0.2) is 55.9 Å². The molecule has 0 aliphatic heterocycles. The van der Waals surface area contributed by atoms with Gasteiger partial charge in [-0.25, -0.2) is 0 Å². The van der Waals surface area contributed by atoms with Crippen LogP contribution in [0.25, 0.3) is 0 Å². The highest BCUT2D eigenvalue weighted by Gasteiger charge is 2.44. The van der Waals surface area contributed by atoms with E-state index in [2.05, 4.69) is 5.32 Å². The van der Waals surface area contributed by atoms with Gasteiger partial charge in [-0.15, -0.1) is 0 Å². The summed E-state index contributed by atoms with van der Waals surface area (Å²) in [6.45, 7) is 2.00. The lowest BCUT2D eigenvalue weighted by molar-refractivity contribution is -0.154. The first-order valence-corrected chi connectivity index (χ1v) is 7.37. The smallest absolute Gasteiger partial charge is 0.390 e. The fraction of sp³-hybridized carbons (Fsp3) is 0.929. The maximum absolute atomic E-state index is 12.3. The Morgan fingerprint density at radius 1 is 1.48 bits per heavy atom. The third kappa shape index (κ3) is 5.14. The van der Waals surface area contributed by atoms with Crippen molar-refractivity contribution in [3.8, 4) is 0 Å². The van der Waals surface area contributed by atoms with Crippen LogP contribution in [0.3, 0.4) is 0 Å². The van der Waals surface area contributed by atoms with Crippen LogP contribution in [0.1, 0.15) is 39.0 Å². The van der Waals surface area contributed by atoms with E-state index in [1.165, 1.54) is 0 Å². The molecule has 0 saturated heterocycles. The van der Waals surface area contributed by atoms with Gasteiger partial charge in [0.1, 0.15) is 5.54 Å². The second-order valence-electron chi connectivity index (χ2n) is 5.65. The molecular formula is C14H25F3N2O2. The summed E-state index contributed by atoms with van der Waals surface area (Å²) in [7, 11) is 3.39. The van der Waals surface area contributed by atoms with Gasteiger partial charge >= 0.3 is 12.1 Å². The van der Waals surface area contributed by atoms with E-state index in [0.29, 0.717) is 19.4 Å². The maximum Gasteiger partial charge on any atom is 0.390 e. The van der Waals surface area contributed by atoms with Crippen molar-refractivity contribution in [2.24, 2.45) is 0 Å². The Bertz CT molecular complexity index is 350. The van der Waals surface area contributed by atoms with E-state index in [4.69, 9.17) is 4.74 Å². The average Bonchev–Trinajstić information content (AvgIpc) is 2.44. The second kappa shape index (κ2) is 7.45. The number of halogens is 3. The number of hydrogen-bond acceptors (Lipinski definition) is 4. The molecule has 0 aromatic rings. The highest BCUT2D eigenvalue weighted by atomic mass is 19.4. The third-order valence-corrected chi connectivity index (χ3v) is 4.24. The number of alkyl halides is 3. The zero-order valence-corrected chi connectivity index (χ0v) is 12.9. The van der Waals surface area contributed by atoms with Gasteiger partial charge in [0.05, 0.1) is 13.0 Å². The molecule has 21 heavy (non-hydrogen) atoms. The van der Waals surface area contributed by atoms with Gasteiger partial charge in [0.15, 0.2) is 0 Å². The fourth-order valence-corrected chi connectivity index (χ4v) is 2.89. The van der Waals surface area contributed by atoms with Crippen LogP contribution < -0.4 is 5.32 Å². The van der Waals surface area contributed by atoms with E-state index in [1.54, 1.807) is 25.9 Å². The first kappa shape index (κ1) is 18.2. The van der Waals surface area contributed by atoms with Crippen molar-refractivity contribution in [2.45, 2.75) is 56.8 Å². The Balaban J connectivity index is 2.67. The van der Waals surface area contributed by atoms with Crippen molar-refractivity contribution < 1.29 is 22.7 Å². The van der Waals surface area contributed by atoms with Crippen LogP contribution in [0.4, 0.5) is 13.2 Å². The van der Waals surface area contributed by atoms with Crippen LogP contribution in [0.15, 0.2) is 0 Å². The summed E-state index contributed by atoms with van der Waals surface area (Å²) in [6.07, 6.45) is -2.24. The number of ether oxygens (including phenoxy) is 1. The molecule has 1 rings (SSSR count). The largest absolute Gasteiger partial charge is 0.465 e. The summed E-state index contributed by atoms with van der Waals surface area (Å²) in [5.74, 6) is -0.304. The summed E-state index contributed by atoms with van der Waals surface area (Å²) >= 11 is 0. The predicted octanol–water partition coefficient (Wildman–Crippen LogP) is 2.33. The first-order valence-electron chi connectivity index (χ1n) is 7.37. The van der Waals surface area contributed by atoms with Crippen LogP contribution >= 0.6 is 0 Å². The van der Waals surface area contributed by atoms with E-state index in [1.807, 2.05) is 0 Å². The molecule has 1 saturated carbocycles. The van der Waals surface area contributed by atoms with Crippen molar-refractivity contribution in [3.05, 3.63) is 0 Å². The lowest BCUT2D eigenvalue weighted by atomic mass is 9.78. The van der Waals surface area contributed by atoms with E-state index < -0.39 is 18.1 Å². The number of hydrogen-bond donors (Lipinski definition) is 1. The Labute approximate surface area is 124 Å². The molecule has 1 aliphatic carbocycles. The Morgan fingerprint density at radius 3 is 2.67 bits per heavy atom. The van der Waals surface area contributed by atoms with Gasteiger partial charge in [-0.3, -0.25) is 4.79 Å². The third-order valence-electron chi connectivity index (χ3n) is 4.24. The van der Waals surface area contributed by atoms with E-state index in [0.717, 1.165) is 12.8 Å². The Kier molecular flexibility index (Phi) is 6.46. The summed E-state index contributed by atoms with van der Waals surface area (Å²) < 4.78 is 42.1. The average molecular weight is 310 g/mol. The minimum atomic E-state index is -4.15. The Hall–Kier alpha value is -0.820. The summed E-state index contributed by atoms with van der Waals surface area (Å²) in [4.78, 5) is 13.9. The summed E-state index contributed by atoms with van der Waals surface area (Å²) in [5.41, 5.74) is -0.772. The number of rotatable bonds is 6. The molecule has 4 nitrogen and oxygen atoms in total. The SMILES string of the molecule is CCOC(=O)C1(NC)CCCC(N(C)CCC(F)(F)F)C1. The number of carbonyl (C=O) groups excluding carboxylic acids is 1. The number of likely N-dealkylation sites (N-methyl/N-ethyl adjacent to an activating group) is 1. The molecule has 7 heteroatoms. The zero-order chi connectivity index (χ0) is 16.1. The van der Waals surface area contributed by atoms with Gasteiger partial charge in [0, 0.05) is 12.6 Å². The van der Waals surface area contributed by atoms with E-state index in [9.17, 15) is 18.0 Å². The van der Waals surface area contributed by atoms with Crippen molar-refractivity contribution in [1.82, 2.24) is 10.2 Å². The minimum Gasteiger partial charge on any atom is -0.465 e. The van der Waals surface area contributed by atoms with Crippen molar-refractivity contribution >= 4 is 5.97 Å². The lowest BCUT2D eigenvalue weighted by Gasteiger charge is -2.42. The van der Waals surface area contributed by atoms with Gasteiger partial charge < -0.3 is 15.0 Å². The van der Waals surface area contributed by atoms with Gasteiger partial charge in [-0.1, -0.05) is 0 Å². The number of nitrogens with zero attached hydrogens (tertiary/aromatic N) is 1. The summed E-state index contributed by atoms with van der Waals surface area (Å²) in [5, 5.41) is 3.04. The molecule has 1 aliphatic rings. The molecular weight excluding hydrogens is 285 g/mol. The normalized spacial score (nSPS) is 26.9. The molecule has 0 aromatic heterocycles. The Morgan fingerprint density at radius 2 is 2.14 bits per heavy atom. The lowest BCUT2D eigenvalue weighted by Crippen LogP contribution is -2.57. The number of nitrogens with one attached hydrogen (secondary N) is 1. The van der Waals surface area contributed by atoms with Gasteiger partial charge in [0.2, 0.25) is 0 Å². The van der Waals surface area contributed by atoms with Crippen molar-refractivity contribution in [2.75, 3.05) is 27.2 Å². The molecule has 0 bridgehead atoms. The molecule has 1 fully saturated rings. The minimum absolute atomic E-state index is 0.0436. The zero-order valence-electron chi connectivity index (χ0n) is 12.9. The second-order valence-corrected chi connectivity index (χ2v) is 5.65. The van der Waals surface area contributed by atoms with Crippen LogP contribution in [0, 0.1) is 0 Å². The van der Waals surface area contributed by atoms with Crippen LogP contribution in [-0.2, 0) is 9.53 Å². The monoisotopic (exact) mass is 310 g/mol. The van der Waals surface area contributed by atoms with Crippen LogP contribution in [0.2, 0.25) is 0 Å². The molecule has 2 unspecified atom stereocenters. The van der Waals surface area contributed by atoms with Gasteiger partial charge in [0.25, 0.3) is 0 Å². The number of esters is 1. The molecule has 0 amide bonds. The topological polar surface area (TPSA) is 41.6 Å². The molecule has 0 heterocycles. The van der Waals surface area contributed by atoms with Crippen molar-refractivity contribution in [1.29, 1.82) is 0 Å². The molecule has 124 valence electrons. The van der Waals surface area contributed by atoms with Gasteiger partial charge in [-0.05, 0) is 46.7 Å². The molecule has 0 spiro atoms. The number of carbonyl (C=O) groups is 1. The predicted molar refractivity (Wildman–Crippen MR) is 74.0 cm³/mol. The molecule has 0 aromatic carbocycles. The first-order chi connectivity index (χ1) is 9.74. The molecule has 2 atom stereocenters. The summed E-state index contributed by atoms with van der Waals surface area (Å²) in [6, 6.07) is -0.0436. The van der Waals surface area contributed by atoms with Gasteiger partial charge in [-0.2, -0.15) is 13.2 Å².